The number of likely N-dealkylation sites (tertiary alicyclic amines) is 1. The zero-order chi connectivity index (χ0) is 28.0. The lowest BCUT2D eigenvalue weighted by molar-refractivity contribution is 0.0695. The van der Waals surface area contributed by atoms with Crippen molar-refractivity contribution in [1.29, 1.82) is 0 Å². The molecule has 4 aromatic rings. The van der Waals surface area contributed by atoms with Gasteiger partial charge in [0.05, 0.1) is 16.8 Å². The van der Waals surface area contributed by atoms with E-state index in [1.54, 1.807) is 32.6 Å². The Morgan fingerprint density at radius 1 is 1.10 bits per heavy atom. The third kappa shape index (κ3) is 3.33. The molecule has 2 aliphatic heterocycles. The molecule has 5 heterocycles. The van der Waals surface area contributed by atoms with E-state index in [-0.39, 0.29) is 16.5 Å². The number of rotatable bonds is 4. The summed E-state index contributed by atoms with van der Waals surface area (Å²) in [5, 5.41) is 12.7. The summed E-state index contributed by atoms with van der Waals surface area (Å²) in [5.41, 5.74) is 3.82. The lowest BCUT2D eigenvalue weighted by Gasteiger charge is -2.40. The number of pyridine rings is 3. The summed E-state index contributed by atoms with van der Waals surface area (Å²) < 4.78 is 31.9. The Morgan fingerprint density at radius 3 is 2.60 bits per heavy atom. The number of hydrogen-bond acceptors (Lipinski definition) is 7. The van der Waals surface area contributed by atoms with E-state index in [0.717, 1.165) is 18.8 Å². The van der Waals surface area contributed by atoms with Gasteiger partial charge in [0.1, 0.15) is 11.2 Å². The van der Waals surface area contributed by atoms with Crippen LogP contribution in [0.3, 0.4) is 0 Å². The van der Waals surface area contributed by atoms with Crippen molar-refractivity contribution in [3.8, 4) is 22.3 Å². The highest BCUT2D eigenvalue weighted by Crippen LogP contribution is 2.51. The monoisotopic (exact) mass is 544 g/mol. The number of anilines is 2. The van der Waals surface area contributed by atoms with Crippen LogP contribution in [0.2, 0.25) is 0 Å². The molecule has 0 amide bonds. The van der Waals surface area contributed by atoms with E-state index in [1.807, 2.05) is 0 Å². The summed E-state index contributed by atoms with van der Waals surface area (Å²) in [6.07, 6.45) is 4.92. The van der Waals surface area contributed by atoms with Crippen LogP contribution in [0.25, 0.3) is 33.3 Å². The molecule has 1 unspecified atom stereocenters. The molecule has 40 heavy (non-hydrogen) atoms. The first kappa shape index (κ1) is 24.6. The Labute approximate surface area is 227 Å². The molecular formula is C29H26F2N6O3. The molecule has 3 aliphatic rings. The van der Waals surface area contributed by atoms with Gasteiger partial charge in [-0.05, 0) is 18.7 Å². The van der Waals surface area contributed by atoms with E-state index in [2.05, 4.69) is 27.1 Å². The normalized spacial score (nSPS) is 19.4. The minimum absolute atomic E-state index is 0.155. The first-order valence-electron chi connectivity index (χ1n) is 13.1. The second kappa shape index (κ2) is 8.56. The molecule has 0 radical (unpaired) electrons. The molecule has 2 N–H and O–H groups in total. The average molecular weight is 545 g/mol. The highest BCUT2D eigenvalue weighted by atomic mass is 19.2. The molecule has 2 fully saturated rings. The van der Waals surface area contributed by atoms with E-state index in [0.29, 0.717) is 64.2 Å². The van der Waals surface area contributed by atoms with E-state index >= 15 is 4.39 Å². The number of nitrogens with zero attached hydrogens (tertiary/aromatic N) is 5. The number of carboxylic acids is 1. The SMILES string of the molecule is CNc1cc(F)c(F)c2c1Cc1ncc(-c3cnc4c(c3)c(=O)c(C(=O)O)cn4C)c(N3CC4[C@@H](C3)CN4C)c1-2. The minimum atomic E-state index is -1.32. The molecule has 7 rings (SSSR count). The van der Waals surface area contributed by atoms with Crippen molar-refractivity contribution in [2.75, 3.05) is 43.9 Å². The van der Waals surface area contributed by atoms with Gasteiger partial charge in [-0.3, -0.25) is 9.78 Å². The molecule has 1 aromatic carbocycles. The number of aromatic carboxylic acids is 1. The Bertz CT molecular complexity index is 1840. The third-order valence-electron chi connectivity index (χ3n) is 8.69. The zero-order valence-electron chi connectivity index (χ0n) is 22.1. The van der Waals surface area contributed by atoms with Crippen LogP contribution in [0.5, 0.6) is 0 Å². The van der Waals surface area contributed by atoms with Crippen LogP contribution >= 0.6 is 0 Å². The van der Waals surface area contributed by atoms with Crippen molar-refractivity contribution >= 4 is 28.4 Å². The number of halogens is 2. The van der Waals surface area contributed by atoms with Gasteiger partial charge < -0.3 is 24.8 Å². The zero-order valence-corrected chi connectivity index (χ0v) is 22.1. The fourth-order valence-corrected chi connectivity index (χ4v) is 6.72. The van der Waals surface area contributed by atoms with Crippen LogP contribution < -0.4 is 15.6 Å². The maximum absolute atomic E-state index is 15.6. The Balaban J connectivity index is 1.51. The molecule has 0 bridgehead atoms. The molecule has 0 spiro atoms. The third-order valence-corrected chi connectivity index (χ3v) is 8.69. The Hall–Kier alpha value is -4.38. The highest BCUT2D eigenvalue weighted by Gasteiger charge is 2.45. The van der Waals surface area contributed by atoms with Crippen molar-refractivity contribution in [3.05, 3.63) is 69.4 Å². The largest absolute Gasteiger partial charge is 0.477 e. The van der Waals surface area contributed by atoms with Gasteiger partial charge in [0.25, 0.3) is 0 Å². The van der Waals surface area contributed by atoms with Gasteiger partial charge in [0.15, 0.2) is 11.6 Å². The summed E-state index contributed by atoms with van der Waals surface area (Å²) in [5.74, 6) is -2.72. The Morgan fingerprint density at radius 2 is 1.90 bits per heavy atom. The lowest BCUT2D eigenvalue weighted by Crippen LogP contribution is -2.52. The minimum Gasteiger partial charge on any atom is -0.477 e. The predicted octanol–water partition coefficient (Wildman–Crippen LogP) is 3.34. The number of likely N-dealkylation sites (N-methyl/N-ethyl adjacent to an activating group) is 1. The maximum atomic E-state index is 15.6. The number of carboxylic acid groups (broad SMARTS) is 1. The van der Waals surface area contributed by atoms with E-state index in [1.165, 1.54) is 16.8 Å². The summed E-state index contributed by atoms with van der Waals surface area (Å²) >= 11 is 0. The quantitative estimate of drug-likeness (QED) is 0.355. The molecular weight excluding hydrogens is 518 g/mol. The van der Waals surface area contributed by atoms with E-state index in [9.17, 15) is 19.1 Å². The molecule has 2 saturated heterocycles. The van der Waals surface area contributed by atoms with Crippen LogP contribution in [0.1, 0.15) is 21.6 Å². The van der Waals surface area contributed by atoms with Gasteiger partial charge in [-0.2, -0.15) is 0 Å². The van der Waals surface area contributed by atoms with Gasteiger partial charge in [0, 0.05) is 105 Å². The number of aryl methyl sites for hydroxylation is 1. The van der Waals surface area contributed by atoms with Crippen molar-refractivity contribution in [1.82, 2.24) is 19.4 Å². The summed E-state index contributed by atoms with van der Waals surface area (Å²) in [6.45, 7) is 2.41. The second-order valence-electron chi connectivity index (χ2n) is 10.9. The molecule has 11 heteroatoms. The number of hydrogen-bond donors (Lipinski definition) is 2. The molecule has 9 nitrogen and oxygen atoms in total. The lowest BCUT2D eigenvalue weighted by atomic mass is 9.93. The van der Waals surface area contributed by atoms with Gasteiger partial charge in [-0.25, -0.2) is 18.6 Å². The van der Waals surface area contributed by atoms with Crippen molar-refractivity contribution in [2.45, 2.75) is 12.5 Å². The predicted molar refractivity (Wildman–Crippen MR) is 147 cm³/mol. The summed E-state index contributed by atoms with van der Waals surface area (Å²) in [4.78, 5) is 38.6. The van der Waals surface area contributed by atoms with Gasteiger partial charge in [-0.15, -0.1) is 0 Å². The second-order valence-corrected chi connectivity index (χ2v) is 10.9. The standard InChI is InChI=1S/C29H26F2N6O3/c1-32-20-6-19(30)25(31)23-15(20)5-21-24(23)26(37-10-14-9-35(2)22(14)12-37)17(8-33-21)13-4-16-27(38)18(29(39)40)11-36(3)28(16)34-7-13/h4,6-8,11,14,22,32H,5,9-10,12H2,1-3H3,(H,39,40)/t14-,22?/m1/s1. The van der Waals surface area contributed by atoms with Crippen LogP contribution in [0.15, 0.2) is 35.5 Å². The molecule has 1 aliphatic carbocycles. The molecule has 3 aromatic heterocycles. The number of nitrogens with one attached hydrogen (secondary N) is 1. The first-order valence-corrected chi connectivity index (χ1v) is 13.1. The smallest absolute Gasteiger partial charge is 0.341 e. The number of carbonyl (C=O) groups is 1. The maximum Gasteiger partial charge on any atom is 0.341 e. The van der Waals surface area contributed by atoms with Crippen molar-refractivity contribution < 1.29 is 18.7 Å². The summed E-state index contributed by atoms with van der Waals surface area (Å²) in [6, 6.07) is 3.15. The number of aromatic nitrogens is 3. The molecule has 2 atom stereocenters. The van der Waals surface area contributed by atoms with Gasteiger partial charge in [0.2, 0.25) is 5.43 Å². The fraction of sp³-hybridized carbons (Fsp3) is 0.310. The Kier molecular flexibility index (Phi) is 5.27. The van der Waals surface area contributed by atoms with Crippen molar-refractivity contribution in [3.63, 3.8) is 0 Å². The first-order chi connectivity index (χ1) is 19.2. The van der Waals surface area contributed by atoms with E-state index in [4.69, 9.17) is 4.98 Å². The van der Waals surface area contributed by atoms with E-state index < -0.39 is 23.0 Å². The van der Waals surface area contributed by atoms with Crippen LogP contribution in [0, 0.1) is 17.6 Å². The van der Waals surface area contributed by atoms with Gasteiger partial charge >= 0.3 is 5.97 Å². The number of fused-ring (bicyclic) bond motifs is 5. The number of benzene rings is 1. The van der Waals surface area contributed by atoms with Gasteiger partial charge in [-0.1, -0.05) is 0 Å². The highest BCUT2D eigenvalue weighted by molar-refractivity contribution is 5.98. The summed E-state index contributed by atoms with van der Waals surface area (Å²) in [7, 11) is 5.39. The van der Waals surface area contributed by atoms with Crippen LogP contribution in [0.4, 0.5) is 20.2 Å². The molecule has 204 valence electrons. The average Bonchev–Trinajstić information content (AvgIpc) is 3.50. The molecule has 0 saturated carbocycles. The fourth-order valence-electron chi connectivity index (χ4n) is 6.72. The van der Waals surface area contributed by atoms with Crippen LogP contribution in [-0.4, -0.2) is 70.3 Å². The van der Waals surface area contributed by atoms with Crippen LogP contribution in [-0.2, 0) is 13.5 Å². The topological polar surface area (TPSA) is 104 Å². The van der Waals surface area contributed by atoms with Crippen molar-refractivity contribution in [2.24, 2.45) is 13.0 Å².